The first-order valence-corrected chi connectivity index (χ1v) is 8.75. The molecule has 2 aromatic rings. The van der Waals surface area contributed by atoms with E-state index in [0.29, 0.717) is 19.1 Å². The van der Waals surface area contributed by atoms with E-state index in [4.69, 9.17) is 4.74 Å². The number of rotatable bonds is 3. The second-order valence-corrected chi connectivity index (χ2v) is 7.07. The SMILES string of the molecule is CN(C)c1ccc(C(=O)N2CCO[C@@H](C3CC3)C2)c2ccccc12. The minimum atomic E-state index is 0.130. The fourth-order valence-corrected chi connectivity index (χ4v) is 3.64. The smallest absolute Gasteiger partial charge is 0.254 e. The third-order valence-electron chi connectivity index (χ3n) is 5.14. The van der Waals surface area contributed by atoms with Crippen molar-refractivity contribution >= 4 is 22.4 Å². The van der Waals surface area contributed by atoms with Crippen LogP contribution >= 0.6 is 0 Å². The van der Waals surface area contributed by atoms with Gasteiger partial charge in [0.15, 0.2) is 0 Å². The number of benzene rings is 2. The van der Waals surface area contributed by atoms with Gasteiger partial charge in [-0.3, -0.25) is 4.79 Å². The average Bonchev–Trinajstić information content (AvgIpc) is 3.45. The molecule has 1 heterocycles. The van der Waals surface area contributed by atoms with Gasteiger partial charge in [-0.25, -0.2) is 0 Å². The molecule has 0 aromatic heterocycles. The van der Waals surface area contributed by atoms with Crippen LogP contribution in [-0.4, -0.2) is 50.7 Å². The maximum absolute atomic E-state index is 13.1. The molecule has 2 fully saturated rings. The highest BCUT2D eigenvalue weighted by Gasteiger charge is 2.36. The summed E-state index contributed by atoms with van der Waals surface area (Å²) in [4.78, 5) is 17.2. The van der Waals surface area contributed by atoms with E-state index in [1.165, 1.54) is 12.8 Å². The van der Waals surface area contributed by atoms with E-state index in [2.05, 4.69) is 11.0 Å². The Kier molecular flexibility index (Phi) is 3.93. The molecule has 0 unspecified atom stereocenters. The Hall–Kier alpha value is -2.07. The Morgan fingerprint density at radius 3 is 2.58 bits per heavy atom. The molecule has 4 heteroatoms. The van der Waals surface area contributed by atoms with Crippen molar-refractivity contribution in [1.29, 1.82) is 0 Å². The molecule has 126 valence electrons. The molecule has 0 radical (unpaired) electrons. The normalized spacial score (nSPS) is 21.1. The Morgan fingerprint density at radius 2 is 1.88 bits per heavy atom. The number of fused-ring (bicyclic) bond motifs is 1. The van der Waals surface area contributed by atoms with Crippen molar-refractivity contribution < 1.29 is 9.53 Å². The molecule has 1 atom stereocenters. The highest BCUT2D eigenvalue weighted by molar-refractivity contribution is 6.10. The maximum Gasteiger partial charge on any atom is 0.254 e. The predicted octanol–water partition coefficient (Wildman–Crippen LogP) is 3.16. The van der Waals surface area contributed by atoms with Crippen LogP contribution in [-0.2, 0) is 4.74 Å². The van der Waals surface area contributed by atoms with Crippen LogP contribution in [0.5, 0.6) is 0 Å². The number of carbonyl (C=O) groups is 1. The van der Waals surface area contributed by atoms with Gasteiger partial charge < -0.3 is 14.5 Å². The molecule has 2 aromatic carbocycles. The second-order valence-electron chi connectivity index (χ2n) is 7.07. The number of hydrogen-bond acceptors (Lipinski definition) is 3. The third-order valence-corrected chi connectivity index (χ3v) is 5.14. The van der Waals surface area contributed by atoms with E-state index in [0.717, 1.165) is 28.6 Å². The number of morpholine rings is 1. The van der Waals surface area contributed by atoms with E-state index < -0.39 is 0 Å². The Bertz CT molecular complexity index is 767. The fraction of sp³-hybridized carbons (Fsp3) is 0.450. The molecule has 1 saturated heterocycles. The summed E-state index contributed by atoms with van der Waals surface area (Å²) in [5, 5.41) is 2.16. The molecule has 1 amide bonds. The number of carbonyl (C=O) groups excluding carboxylic acids is 1. The molecular formula is C20H24N2O2. The van der Waals surface area contributed by atoms with Crippen molar-refractivity contribution in [1.82, 2.24) is 4.90 Å². The molecule has 24 heavy (non-hydrogen) atoms. The summed E-state index contributed by atoms with van der Waals surface area (Å²) in [5.41, 5.74) is 1.94. The van der Waals surface area contributed by atoms with Crippen molar-refractivity contribution in [2.45, 2.75) is 18.9 Å². The van der Waals surface area contributed by atoms with Gasteiger partial charge >= 0.3 is 0 Å². The largest absolute Gasteiger partial charge is 0.377 e. The summed E-state index contributed by atoms with van der Waals surface area (Å²) in [6, 6.07) is 12.2. The van der Waals surface area contributed by atoms with Crippen LogP contribution in [0.25, 0.3) is 10.8 Å². The van der Waals surface area contributed by atoms with Gasteiger partial charge in [-0.1, -0.05) is 24.3 Å². The van der Waals surface area contributed by atoms with Gasteiger partial charge in [-0.2, -0.15) is 0 Å². The zero-order valence-corrected chi connectivity index (χ0v) is 14.4. The molecule has 2 aliphatic rings. The lowest BCUT2D eigenvalue weighted by molar-refractivity contribution is -0.0313. The van der Waals surface area contributed by atoms with Crippen molar-refractivity contribution in [3.8, 4) is 0 Å². The lowest BCUT2D eigenvalue weighted by Crippen LogP contribution is -2.46. The molecule has 1 aliphatic heterocycles. The number of ether oxygens (including phenoxy) is 1. The Labute approximate surface area is 143 Å². The van der Waals surface area contributed by atoms with Crippen LogP contribution < -0.4 is 4.90 Å². The quantitative estimate of drug-likeness (QED) is 0.869. The molecule has 1 saturated carbocycles. The van der Waals surface area contributed by atoms with Gasteiger partial charge in [0, 0.05) is 43.8 Å². The minimum absolute atomic E-state index is 0.130. The number of nitrogens with zero attached hydrogens (tertiary/aromatic N) is 2. The lowest BCUT2D eigenvalue weighted by atomic mass is 10.0. The van der Waals surface area contributed by atoms with E-state index in [-0.39, 0.29) is 12.0 Å². The molecule has 4 nitrogen and oxygen atoms in total. The van der Waals surface area contributed by atoms with Gasteiger partial charge in [0.25, 0.3) is 5.91 Å². The zero-order valence-electron chi connectivity index (χ0n) is 14.4. The summed E-state index contributed by atoms with van der Waals surface area (Å²) < 4.78 is 5.86. The van der Waals surface area contributed by atoms with Gasteiger partial charge in [0.1, 0.15) is 0 Å². The molecular weight excluding hydrogens is 300 g/mol. The second kappa shape index (κ2) is 6.10. The molecule has 0 spiro atoms. The number of amides is 1. The lowest BCUT2D eigenvalue weighted by Gasteiger charge is -2.33. The molecule has 1 aliphatic carbocycles. The van der Waals surface area contributed by atoms with Crippen molar-refractivity contribution in [3.05, 3.63) is 42.0 Å². The highest BCUT2D eigenvalue weighted by atomic mass is 16.5. The summed E-state index contributed by atoms with van der Waals surface area (Å²) in [7, 11) is 4.07. The van der Waals surface area contributed by atoms with Gasteiger partial charge in [0.05, 0.1) is 12.7 Å². The van der Waals surface area contributed by atoms with Crippen molar-refractivity contribution in [2.75, 3.05) is 38.7 Å². The predicted molar refractivity (Wildman–Crippen MR) is 96.6 cm³/mol. The average molecular weight is 324 g/mol. The summed E-state index contributed by atoms with van der Waals surface area (Å²) >= 11 is 0. The van der Waals surface area contributed by atoms with E-state index in [1.807, 2.05) is 49.3 Å². The molecule has 4 rings (SSSR count). The van der Waals surface area contributed by atoms with Gasteiger partial charge in [-0.15, -0.1) is 0 Å². The van der Waals surface area contributed by atoms with E-state index >= 15 is 0 Å². The topological polar surface area (TPSA) is 32.8 Å². The van der Waals surface area contributed by atoms with Crippen molar-refractivity contribution in [2.24, 2.45) is 5.92 Å². The van der Waals surface area contributed by atoms with Gasteiger partial charge in [-0.05, 0) is 36.3 Å². The first-order valence-electron chi connectivity index (χ1n) is 8.75. The van der Waals surface area contributed by atoms with Crippen molar-refractivity contribution in [3.63, 3.8) is 0 Å². The van der Waals surface area contributed by atoms with Gasteiger partial charge in [0.2, 0.25) is 0 Å². The first kappa shape index (κ1) is 15.5. The molecule has 0 bridgehead atoms. The van der Waals surface area contributed by atoms with Crippen LogP contribution in [0.3, 0.4) is 0 Å². The summed E-state index contributed by atoms with van der Waals surface area (Å²) in [5.74, 6) is 0.791. The van der Waals surface area contributed by atoms with E-state index in [1.54, 1.807) is 0 Å². The van der Waals surface area contributed by atoms with Crippen LogP contribution in [0.2, 0.25) is 0 Å². The van der Waals surface area contributed by atoms with Crippen LogP contribution in [0, 0.1) is 5.92 Å². The monoisotopic (exact) mass is 324 g/mol. The Morgan fingerprint density at radius 1 is 1.12 bits per heavy atom. The third kappa shape index (κ3) is 2.75. The van der Waals surface area contributed by atoms with E-state index in [9.17, 15) is 4.79 Å². The first-order chi connectivity index (χ1) is 11.6. The van der Waals surface area contributed by atoms with Crippen LogP contribution in [0.1, 0.15) is 23.2 Å². The number of hydrogen-bond donors (Lipinski definition) is 0. The number of anilines is 1. The summed E-state index contributed by atoms with van der Waals surface area (Å²) in [6.45, 7) is 2.07. The zero-order chi connectivity index (χ0) is 16.7. The molecule has 0 N–H and O–H groups in total. The minimum Gasteiger partial charge on any atom is -0.377 e. The highest BCUT2D eigenvalue weighted by Crippen LogP contribution is 2.36. The van der Waals surface area contributed by atoms with Crippen LogP contribution in [0.15, 0.2) is 36.4 Å². The summed E-state index contributed by atoms with van der Waals surface area (Å²) in [6.07, 6.45) is 2.72. The Balaban J connectivity index is 1.68. The fourth-order valence-electron chi connectivity index (χ4n) is 3.64. The maximum atomic E-state index is 13.1. The van der Waals surface area contributed by atoms with Crippen LogP contribution in [0.4, 0.5) is 5.69 Å². The standard InChI is InChI=1S/C20H24N2O2/c1-21(2)18-10-9-17(15-5-3-4-6-16(15)18)20(23)22-11-12-24-19(13-22)14-7-8-14/h3-6,9-10,14,19H,7-8,11-13H2,1-2H3/t19-/m1/s1.